The second-order valence-electron chi connectivity index (χ2n) is 4.04. The zero-order chi connectivity index (χ0) is 12.3. The molecule has 1 heterocycles. The third-order valence-electron chi connectivity index (χ3n) is 2.55. The Hall–Kier alpha value is -1.91. The molecule has 0 aromatic carbocycles. The molecule has 0 spiro atoms. The molecule has 1 aliphatic carbocycles. The van der Waals surface area contributed by atoms with Gasteiger partial charge in [0.1, 0.15) is 11.6 Å². The molecule has 0 bridgehead atoms. The maximum atomic E-state index is 12.8. The van der Waals surface area contributed by atoms with E-state index in [1.54, 1.807) is 0 Å². The molecular weight excluding hydrogens is 219 g/mol. The Balaban J connectivity index is 1.98. The van der Waals surface area contributed by atoms with Gasteiger partial charge in [0.25, 0.3) is 0 Å². The quantitative estimate of drug-likeness (QED) is 0.842. The summed E-state index contributed by atoms with van der Waals surface area (Å²) in [6.07, 6.45) is 4.55. The van der Waals surface area contributed by atoms with Crippen LogP contribution in [0.25, 0.3) is 0 Å². The first kappa shape index (κ1) is 11.6. The summed E-state index contributed by atoms with van der Waals surface area (Å²) >= 11 is 0. The second kappa shape index (κ2) is 4.95. The fraction of sp³-hybridized carbons (Fsp3) is 0.333. The summed E-state index contributed by atoms with van der Waals surface area (Å²) in [5.41, 5.74) is 7.53. The zero-order valence-electron chi connectivity index (χ0n) is 9.70. The van der Waals surface area contributed by atoms with Gasteiger partial charge in [-0.15, -0.1) is 0 Å². The van der Waals surface area contributed by atoms with E-state index < -0.39 is 0 Å². The lowest BCUT2D eigenvalue weighted by atomic mass is 10.0. The molecule has 17 heavy (non-hydrogen) atoms. The number of nitrogens with two attached hydrogens (primary N) is 1. The third-order valence-corrected chi connectivity index (χ3v) is 2.55. The second-order valence-corrected chi connectivity index (χ2v) is 4.04. The van der Waals surface area contributed by atoms with Gasteiger partial charge in [0.15, 0.2) is 0 Å². The molecule has 0 saturated carbocycles. The van der Waals surface area contributed by atoms with Gasteiger partial charge in [0.05, 0.1) is 0 Å². The molecule has 2 rings (SSSR count). The van der Waals surface area contributed by atoms with Gasteiger partial charge in [0.2, 0.25) is 5.95 Å². The molecule has 5 heteroatoms. The molecular formula is C12H15FN4. The van der Waals surface area contributed by atoms with Crippen LogP contribution >= 0.6 is 0 Å². The maximum absolute atomic E-state index is 12.8. The fourth-order valence-corrected chi connectivity index (χ4v) is 1.69. The number of hydrogen-bond acceptors (Lipinski definition) is 4. The van der Waals surface area contributed by atoms with Crippen molar-refractivity contribution < 1.29 is 4.39 Å². The highest BCUT2D eigenvalue weighted by atomic mass is 19.1. The predicted molar refractivity (Wildman–Crippen MR) is 66.2 cm³/mol. The van der Waals surface area contributed by atoms with Gasteiger partial charge in [-0.25, -0.2) is 9.37 Å². The highest BCUT2D eigenvalue weighted by Crippen LogP contribution is 2.19. The van der Waals surface area contributed by atoms with Crippen LogP contribution in [0.4, 0.5) is 16.2 Å². The lowest BCUT2D eigenvalue weighted by molar-refractivity contribution is 0.581. The Kier molecular flexibility index (Phi) is 3.37. The molecule has 1 aromatic heterocycles. The molecule has 0 unspecified atom stereocenters. The first-order valence-corrected chi connectivity index (χ1v) is 5.52. The van der Waals surface area contributed by atoms with Crippen LogP contribution in [0.15, 0.2) is 29.6 Å². The number of allylic oxidation sites excluding steroid dienone is 3. The van der Waals surface area contributed by atoms with E-state index >= 15 is 0 Å². The van der Waals surface area contributed by atoms with Crippen molar-refractivity contribution >= 4 is 11.8 Å². The number of hydrogen-bond donors (Lipinski definition) is 2. The van der Waals surface area contributed by atoms with Crippen LogP contribution in [-0.2, 0) is 0 Å². The average molecular weight is 234 g/mol. The van der Waals surface area contributed by atoms with E-state index in [0.717, 1.165) is 17.7 Å². The molecule has 0 fully saturated rings. The predicted octanol–water partition coefficient (Wildman–Crippen LogP) is 2.35. The van der Waals surface area contributed by atoms with E-state index in [0.29, 0.717) is 18.8 Å². The monoisotopic (exact) mass is 234 g/mol. The summed E-state index contributed by atoms with van der Waals surface area (Å²) in [5.74, 6) is 0.901. The largest absolute Gasteiger partial charge is 0.368 e. The van der Waals surface area contributed by atoms with Crippen LogP contribution in [-0.4, -0.2) is 16.5 Å². The molecule has 0 amide bonds. The molecule has 4 nitrogen and oxygen atoms in total. The maximum Gasteiger partial charge on any atom is 0.222 e. The van der Waals surface area contributed by atoms with Crippen molar-refractivity contribution in [3.8, 4) is 0 Å². The van der Waals surface area contributed by atoms with Crippen molar-refractivity contribution in [2.24, 2.45) is 0 Å². The van der Waals surface area contributed by atoms with Gasteiger partial charge in [-0.3, -0.25) is 0 Å². The van der Waals surface area contributed by atoms with Crippen molar-refractivity contribution in [1.29, 1.82) is 0 Å². The Morgan fingerprint density at radius 2 is 2.18 bits per heavy atom. The molecule has 0 radical (unpaired) electrons. The summed E-state index contributed by atoms with van der Waals surface area (Å²) in [6, 6.07) is 1.83. The summed E-state index contributed by atoms with van der Waals surface area (Å²) < 4.78 is 12.8. The topological polar surface area (TPSA) is 63.8 Å². The minimum absolute atomic E-state index is 0.0594. The standard InChI is InChI=1S/C12H15FN4/c1-8-6-11(17-12(14)16-8)15-7-9-2-4-10(13)5-3-9/h2,4,6H,3,5,7H2,1H3,(H3,14,15,16,17). The highest BCUT2D eigenvalue weighted by molar-refractivity contribution is 5.41. The Labute approximate surface area is 99.5 Å². The van der Waals surface area contributed by atoms with Gasteiger partial charge in [-0.2, -0.15) is 4.98 Å². The van der Waals surface area contributed by atoms with Gasteiger partial charge < -0.3 is 11.1 Å². The van der Waals surface area contributed by atoms with E-state index in [9.17, 15) is 4.39 Å². The molecule has 0 saturated heterocycles. The number of nitrogens with one attached hydrogen (secondary N) is 1. The van der Waals surface area contributed by atoms with Crippen LogP contribution in [0, 0.1) is 6.92 Å². The third kappa shape index (κ3) is 3.27. The summed E-state index contributed by atoms with van der Waals surface area (Å²) in [5, 5.41) is 3.16. The first-order valence-electron chi connectivity index (χ1n) is 5.52. The van der Waals surface area contributed by atoms with Gasteiger partial charge in [0, 0.05) is 24.7 Å². The SMILES string of the molecule is Cc1cc(NCC2=CC=C(F)CC2)nc(N)n1. The van der Waals surface area contributed by atoms with Crippen molar-refractivity contribution in [2.75, 3.05) is 17.6 Å². The smallest absolute Gasteiger partial charge is 0.222 e. The summed E-state index contributed by atoms with van der Waals surface area (Å²) in [4.78, 5) is 8.06. The van der Waals surface area contributed by atoms with Crippen LogP contribution in [0.1, 0.15) is 18.5 Å². The van der Waals surface area contributed by atoms with Crippen LogP contribution < -0.4 is 11.1 Å². The van der Waals surface area contributed by atoms with Crippen molar-refractivity contribution in [3.63, 3.8) is 0 Å². The van der Waals surface area contributed by atoms with E-state index in [4.69, 9.17) is 5.73 Å². The number of rotatable bonds is 3. The van der Waals surface area contributed by atoms with Crippen LogP contribution in [0.2, 0.25) is 0 Å². The molecule has 1 aliphatic rings. The summed E-state index contributed by atoms with van der Waals surface area (Å²) in [7, 11) is 0. The molecule has 0 atom stereocenters. The number of aromatic nitrogens is 2. The average Bonchev–Trinajstić information content (AvgIpc) is 2.27. The minimum atomic E-state index is -0.0594. The van der Waals surface area contributed by atoms with Crippen molar-refractivity contribution in [1.82, 2.24) is 9.97 Å². The lowest BCUT2D eigenvalue weighted by Crippen LogP contribution is -2.09. The molecule has 3 N–H and O–H groups in total. The van der Waals surface area contributed by atoms with Crippen molar-refractivity contribution in [2.45, 2.75) is 19.8 Å². The van der Waals surface area contributed by atoms with Gasteiger partial charge in [-0.05, 0) is 19.4 Å². The number of halogens is 1. The van der Waals surface area contributed by atoms with E-state index in [2.05, 4.69) is 15.3 Å². The van der Waals surface area contributed by atoms with Gasteiger partial charge >= 0.3 is 0 Å². The zero-order valence-corrected chi connectivity index (χ0v) is 9.70. The van der Waals surface area contributed by atoms with Crippen LogP contribution in [0.3, 0.4) is 0 Å². The lowest BCUT2D eigenvalue weighted by Gasteiger charge is -2.12. The number of nitrogens with zero attached hydrogens (tertiary/aromatic N) is 2. The van der Waals surface area contributed by atoms with Crippen LogP contribution in [0.5, 0.6) is 0 Å². The molecule has 1 aromatic rings. The number of anilines is 2. The minimum Gasteiger partial charge on any atom is -0.368 e. The van der Waals surface area contributed by atoms with E-state index in [-0.39, 0.29) is 11.8 Å². The molecule has 0 aliphatic heterocycles. The Morgan fingerprint density at radius 3 is 2.82 bits per heavy atom. The fourth-order valence-electron chi connectivity index (χ4n) is 1.69. The highest BCUT2D eigenvalue weighted by Gasteiger charge is 2.06. The normalized spacial score (nSPS) is 15.2. The summed E-state index contributed by atoms with van der Waals surface area (Å²) in [6.45, 7) is 2.51. The van der Waals surface area contributed by atoms with E-state index in [1.165, 1.54) is 6.08 Å². The number of aryl methyl sites for hydroxylation is 1. The first-order chi connectivity index (χ1) is 8.13. The van der Waals surface area contributed by atoms with Crippen molar-refractivity contribution in [3.05, 3.63) is 35.3 Å². The molecule has 90 valence electrons. The number of nitrogen functional groups attached to an aromatic ring is 1. The van der Waals surface area contributed by atoms with E-state index in [1.807, 2.05) is 19.1 Å². The van der Waals surface area contributed by atoms with Gasteiger partial charge in [-0.1, -0.05) is 11.6 Å². The Bertz CT molecular complexity index is 459. The Morgan fingerprint density at radius 1 is 1.35 bits per heavy atom.